The zero-order valence-electron chi connectivity index (χ0n) is 9.39. The lowest BCUT2D eigenvalue weighted by molar-refractivity contribution is 0.114. The van der Waals surface area contributed by atoms with E-state index in [1.54, 1.807) is 0 Å². The lowest BCUT2D eigenvalue weighted by Gasteiger charge is -1.97. The Morgan fingerprint density at radius 2 is 1.67 bits per heavy atom. The maximum Gasteiger partial charge on any atom is 0.104 e. The normalized spacial score (nSPS) is 17.8. The van der Waals surface area contributed by atoms with E-state index in [1.807, 2.05) is 36.4 Å². The molecule has 0 saturated carbocycles. The molecule has 1 aromatic carbocycles. The van der Waals surface area contributed by atoms with Gasteiger partial charge in [0, 0.05) is 6.61 Å². The monoisotopic (exact) mass is 208 g/mol. The lowest BCUT2D eigenvalue weighted by atomic mass is 10.4. The van der Waals surface area contributed by atoms with Gasteiger partial charge in [-0.3, -0.25) is 0 Å². The Labute approximate surface area is 92.2 Å². The van der Waals surface area contributed by atoms with Crippen molar-refractivity contribution in [3.63, 3.8) is 0 Å². The molecule has 84 valence electrons. The maximum atomic E-state index is 5.27. The second kappa shape index (κ2) is 8.45. The van der Waals surface area contributed by atoms with Gasteiger partial charge in [-0.05, 0) is 6.42 Å². The van der Waals surface area contributed by atoms with Crippen molar-refractivity contribution in [2.45, 2.75) is 25.9 Å². The molecule has 0 radical (unpaired) electrons. The van der Waals surface area contributed by atoms with Gasteiger partial charge >= 0.3 is 0 Å². The summed E-state index contributed by atoms with van der Waals surface area (Å²) in [5.74, 6) is 0. The van der Waals surface area contributed by atoms with Gasteiger partial charge in [-0.15, -0.1) is 0 Å². The molecule has 1 aromatic rings. The number of unbranched alkanes of at least 4 members (excludes halogenated alkanes) is 1. The largest absolute Gasteiger partial charge is 0.379 e. The predicted molar refractivity (Wildman–Crippen MR) is 61.9 cm³/mol. The van der Waals surface area contributed by atoms with Gasteiger partial charge in [0.2, 0.25) is 0 Å². The van der Waals surface area contributed by atoms with Gasteiger partial charge in [-0.1, -0.05) is 49.7 Å². The number of hydrogen-bond donors (Lipinski definition) is 0. The number of rotatable bonds is 5. The van der Waals surface area contributed by atoms with Crippen LogP contribution in [0.5, 0.6) is 0 Å². The number of epoxide rings is 1. The van der Waals surface area contributed by atoms with E-state index in [9.17, 15) is 0 Å². The Morgan fingerprint density at radius 3 is 2.07 bits per heavy atom. The summed E-state index contributed by atoms with van der Waals surface area (Å²) >= 11 is 0. The van der Waals surface area contributed by atoms with Crippen LogP contribution in [0.2, 0.25) is 0 Å². The van der Waals surface area contributed by atoms with Crippen molar-refractivity contribution < 1.29 is 9.47 Å². The van der Waals surface area contributed by atoms with Crippen LogP contribution in [0.25, 0.3) is 0 Å². The van der Waals surface area contributed by atoms with Crippen LogP contribution in [0.3, 0.4) is 0 Å². The van der Waals surface area contributed by atoms with Crippen LogP contribution >= 0.6 is 0 Å². The molecule has 0 aliphatic carbocycles. The molecule has 0 amide bonds. The Balaban J connectivity index is 0.000000162. The van der Waals surface area contributed by atoms with E-state index in [2.05, 4.69) is 6.92 Å². The first kappa shape index (κ1) is 12.2. The molecule has 2 heteroatoms. The molecule has 1 aliphatic heterocycles. The summed E-state index contributed by atoms with van der Waals surface area (Å²) in [6, 6.07) is 12.0. The van der Waals surface area contributed by atoms with E-state index in [4.69, 9.17) is 9.47 Å². The van der Waals surface area contributed by atoms with Gasteiger partial charge < -0.3 is 9.47 Å². The zero-order chi connectivity index (χ0) is 10.8. The summed E-state index contributed by atoms with van der Waals surface area (Å²) in [7, 11) is 0. The average Bonchev–Trinajstić information content (AvgIpc) is 3.12. The molecular weight excluding hydrogens is 188 g/mol. The Hall–Kier alpha value is -0.860. The van der Waals surface area contributed by atoms with Gasteiger partial charge in [0.15, 0.2) is 0 Å². The number of ether oxygens (including phenoxy) is 2. The molecule has 1 aliphatic rings. The molecular formula is C13H20O2. The minimum Gasteiger partial charge on any atom is -0.379 e. The van der Waals surface area contributed by atoms with Crippen LogP contribution in [0.1, 0.15) is 19.8 Å². The number of benzene rings is 1. The highest BCUT2D eigenvalue weighted by molar-refractivity contribution is 4.99. The third-order valence-electron chi connectivity index (χ3n) is 2.02. The zero-order valence-corrected chi connectivity index (χ0v) is 9.39. The maximum absolute atomic E-state index is 5.27. The highest BCUT2D eigenvalue weighted by Crippen LogP contribution is 2.08. The van der Waals surface area contributed by atoms with Gasteiger partial charge in [-0.25, -0.2) is 0 Å². The fourth-order valence-corrected chi connectivity index (χ4v) is 1.01. The van der Waals surface area contributed by atoms with Crippen molar-refractivity contribution in [3.8, 4) is 0 Å². The highest BCUT2D eigenvalue weighted by atomic mass is 16.6. The Bertz CT molecular complexity index is 193. The van der Waals surface area contributed by atoms with E-state index in [0.717, 1.165) is 19.8 Å². The van der Waals surface area contributed by atoms with Crippen molar-refractivity contribution in [3.05, 3.63) is 36.4 Å². The van der Waals surface area contributed by atoms with Crippen LogP contribution in [-0.4, -0.2) is 25.9 Å². The third-order valence-corrected chi connectivity index (χ3v) is 2.02. The fourth-order valence-electron chi connectivity index (χ4n) is 1.01. The summed E-state index contributed by atoms with van der Waals surface area (Å²) in [6.07, 6.45) is 2.82. The van der Waals surface area contributed by atoms with Crippen LogP contribution < -0.4 is 0 Å². The molecule has 1 fully saturated rings. The summed E-state index contributed by atoms with van der Waals surface area (Å²) in [5, 5.41) is 0. The van der Waals surface area contributed by atoms with Crippen LogP contribution in [0.4, 0.5) is 0 Å². The molecule has 1 heterocycles. The van der Waals surface area contributed by atoms with Crippen molar-refractivity contribution in [2.24, 2.45) is 0 Å². The summed E-state index contributed by atoms with van der Waals surface area (Å²) in [4.78, 5) is 0. The molecule has 2 nitrogen and oxygen atoms in total. The second-order valence-electron chi connectivity index (χ2n) is 3.54. The van der Waals surface area contributed by atoms with E-state index >= 15 is 0 Å². The van der Waals surface area contributed by atoms with Crippen LogP contribution in [-0.2, 0) is 9.47 Å². The fraction of sp³-hybridized carbons (Fsp3) is 0.538. The summed E-state index contributed by atoms with van der Waals surface area (Å²) in [5.41, 5.74) is 0. The quantitative estimate of drug-likeness (QED) is 0.548. The van der Waals surface area contributed by atoms with Gasteiger partial charge in [0.05, 0.1) is 13.2 Å². The molecule has 0 bridgehead atoms. The van der Waals surface area contributed by atoms with Crippen LogP contribution in [0, 0.1) is 0 Å². The van der Waals surface area contributed by atoms with Crippen molar-refractivity contribution in [1.29, 1.82) is 0 Å². The van der Waals surface area contributed by atoms with E-state index in [0.29, 0.717) is 6.10 Å². The first-order valence-electron chi connectivity index (χ1n) is 5.63. The van der Waals surface area contributed by atoms with Gasteiger partial charge in [0.1, 0.15) is 6.10 Å². The Morgan fingerprint density at radius 1 is 1.13 bits per heavy atom. The first-order valence-corrected chi connectivity index (χ1v) is 5.63. The minimum atomic E-state index is 0.432. The standard InChI is InChI=1S/C7H14O2.C6H6/c1-2-3-4-8-5-7-6-9-7;1-2-4-6-5-3-1/h7H,2-6H2,1H3;1-6H. The SMILES string of the molecule is CCCCOCC1CO1.c1ccccc1. The van der Waals surface area contributed by atoms with Crippen molar-refractivity contribution in [2.75, 3.05) is 19.8 Å². The molecule has 1 atom stereocenters. The molecule has 0 spiro atoms. The van der Waals surface area contributed by atoms with Crippen molar-refractivity contribution in [1.82, 2.24) is 0 Å². The second-order valence-corrected chi connectivity index (χ2v) is 3.54. The summed E-state index contributed by atoms with van der Waals surface area (Å²) < 4.78 is 10.2. The third kappa shape index (κ3) is 8.16. The molecule has 1 saturated heterocycles. The molecule has 2 rings (SSSR count). The highest BCUT2D eigenvalue weighted by Gasteiger charge is 2.21. The smallest absolute Gasteiger partial charge is 0.104 e. The molecule has 1 unspecified atom stereocenters. The average molecular weight is 208 g/mol. The topological polar surface area (TPSA) is 21.8 Å². The molecule has 15 heavy (non-hydrogen) atoms. The molecule has 0 N–H and O–H groups in total. The Kier molecular flexibility index (Phi) is 6.88. The van der Waals surface area contributed by atoms with Crippen LogP contribution in [0.15, 0.2) is 36.4 Å². The predicted octanol–water partition coefficient (Wildman–Crippen LogP) is 2.89. The number of hydrogen-bond acceptors (Lipinski definition) is 2. The van der Waals surface area contributed by atoms with Crippen molar-refractivity contribution >= 4 is 0 Å². The summed E-state index contributed by atoms with van der Waals surface area (Å²) in [6.45, 7) is 4.78. The first-order chi connectivity index (χ1) is 7.43. The van der Waals surface area contributed by atoms with E-state index in [1.165, 1.54) is 12.8 Å². The minimum absolute atomic E-state index is 0.432. The van der Waals surface area contributed by atoms with E-state index < -0.39 is 0 Å². The van der Waals surface area contributed by atoms with E-state index in [-0.39, 0.29) is 0 Å². The lowest BCUT2D eigenvalue weighted by Crippen LogP contribution is -2.01. The van der Waals surface area contributed by atoms with Gasteiger partial charge in [-0.2, -0.15) is 0 Å². The van der Waals surface area contributed by atoms with Gasteiger partial charge in [0.25, 0.3) is 0 Å². The molecule has 0 aromatic heterocycles.